The van der Waals surface area contributed by atoms with Crippen molar-refractivity contribution in [2.24, 2.45) is 0 Å². The maximum absolute atomic E-state index is 12.0. The van der Waals surface area contributed by atoms with Gasteiger partial charge in [0.25, 0.3) is 5.91 Å². The zero-order valence-corrected chi connectivity index (χ0v) is 12.9. The Morgan fingerprint density at radius 2 is 2.00 bits per heavy atom. The first-order chi connectivity index (χ1) is 8.56. The summed E-state index contributed by atoms with van der Waals surface area (Å²) in [4.78, 5) is 12.0. The van der Waals surface area contributed by atoms with Gasteiger partial charge in [-0.05, 0) is 59.0 Å². The third kappa shape index (κ3) is 3.23. The van der Waals surface area contributed by atoms with Gasteiger partial charge in [0.15, 0.2) is 0 Å². The van der Waals surface area contributed by atoms with E-state index in [0.717, 1.165) is 8.04 Å². The summed E-state index contributed by atoms with van der Waals surface area (Å²) in [7, 11) is 0. The summed E-state index contributed by atoms with van der Waals surface area (Å²) in [5.41, 5.74) is 0.950. The van der Waals surface area contributed by atoms with E-state index >= 15 is 0 Å². The molecule has 0 saturated carbocycles. The van der Waals surface area contributed by atoms with E-state index in [-0.39, 0.29) is 17.2 Å². The molecular weight excluding hydrogens is 409 g/mol. The van der Waals surface area contributed by atoms with Crippen molar-refractivity contribution in [3.63, 3.8) is 0 Å². The highest BCUT2D eigenvalue weighted by molar-refractivity contribution is 14.1. The molecule has 0 radical (unpaired) electrons. The molecule has 2 rings (SSSR count). The van der Waals surface area contributed by atoms with Gasteiger partial charge in [-0.1, -0.05) is 22.0 Å². The average Bonchev–Trinajstić information content (AvgIpc) is 2.28. The van der Waals surface area contributed by atoms with Crippen LogP contribution < -0.4 is 5.32 Å². The van der Waals surface area contributed by atoms with Crippen LogP contribution in [0.4, 0.5) is 5.69 Å². The second-order valence-electron chi connectivity index (χ2n) is 3.63. The first-order valence-electron chi connectivity index (χ1n) is 5.12. The molecule has 18 heavy (non-hydrogen) atoms. The molecule has 0 aliphatic rings. The minimum Gasteiger partial charge on any atom is -0.507 e. The van der Waals surface area contributed by atoms with Gasteiger partial charge >= 0.3 is 0 Å². The van der Waals surface area contributed by atoms with Crippen molar-refractivity contribution in [1.82, 2.24) is 0 Å². The average molecular weight is 418 g/mol. The van der Waals surface area contributed by atoms with E-state index < -0.39 is 0 Å². The lowest BCUT2D eigenvalue weighted by Crippen LogP contribution is -2.12. The second-order valence-corrected chi connectivity index (χ2v) is 5.79. The number of aromatic hydroxyl groups is 1. The Kier molecular flexibility index (Phi) is 4.23. The number of hydrogen-bond acceptors (Lipinski definition) is 2. The van der Waals surface area contributed by atoms with Crippen LogP contribution in [-0.2, 0) is 0 Å². The zero-order valence-electron chi connectivity index (χ0n) is 9.15. The standard InChI is InChI=1S/C13H9BrINO2/c14-8-4-5-11(12(17)6-8)13(18)16-10-3-1-2-9(15)7-10/h1-7,17H,(H,16,18). The van der Waals surface area contributed by atoms with Gasteiger partial charge in [-0.3, -0.25) is 4.79 Å². The number of phenols is 1. The van der Waals surface area contributed by atoms with Crippen molar-refractivity contribution in [3.8, 4) is 5.75 Å². The van der Waals surface area contributed by atoms with E-state index in [1.54, 1.807) is 18.2 Å². The summed E-state index contributed by atoms with van der Waals surface area (Å²) < 4.78 is 1.76. The molecule has 2 aromatic carbocycles. The van der Waals surface area contributed by atoms with E-state index in [1.807, 2.05) is 18.2 Å². The highest BCUT2D eigenvalue weighted by Crippen LogP contribution is 2.23. The van der Waals surface area contributed by atoms with Gasteiger partial charge in [-0.2, -0.15) is 0 Å². The van der Waals surface area contributed by atoms with Gasteiger partial charge in [-0.25, -0.2) is 0 Å². The van der Waals surface area contributed by atoms with Crippen molar-refractivity contribution in [2.75, 3.05) is 5.32 Å². The Morgan fingerprint density at radius 1 is 1.22 bits per heavy atom. The minimum atomic E-state index is -0.331. The molecule has 92 valence electrons. The largest absolute Gasteiger partial charge is 0.507 e. The Morgan fingerprint density at radius 3 is 2.67 bits per heavy atom. The predicted octanol–water partition coefficient (Wildman–Crippen LogP) is 4.01. The molecule has 0 unspecified atom stereocenters. The van der Waals surface area contributed by atoms with E-state index in [0.29, 0.717) is 5.69 Å². The third-order valence-electron chi connectivity index (χ3n) is 2.29. The smallest absolute Gasteiger partial charge is 0.259 e. The lowest BCUT2D eigenvalue weighted by Gasteiger charge is -2.07. The molecule has 0 fully saturated rings. The predicted molar refractivity (Wildman–Crippen MR) is 82.9 cm³/mol. The van der Waals surface area contributed by atoms with Crippen molar-refractivity contribution >= 4 is 50.1 Å². The molecule has 0 heterocycles. The van der Waals surface area contributed by atoms with Crippen LogP contribution in [0.15, 0.2) is 46.9 Å². The summed E-state index contributed by atoms with van der Waals surface area (Å²) in [6.45, 7) is 0. The summed E-state index contributed by atoms with van der Waals surface area (Å²) in [5.74, 6) is -0.380. The summed E-state index contributed by atoms with van der Waals surface area (Å²) in [6, 6.07) is 12.2. The fourth-order valence-corrected chi connectivity index (χ4v) is 2.35. The van der Waals surface area contributed by atoms with Gasteiger partial charge < -0.3 is 10.4 Å². The summed E-state index contributed by atoms with van der Waals surface area (Å²) >= 11 is 5.40. The first-order valence-corrected chi connectivity index (χ1v) is 6.99. The SMILES string of the molecule is O=C(Nc1cccc(I)c1)c1ccc(Br)cc1O. The number of carbonyl (C=O) groups is 1. The molecule has 0 aliphatic carbocycles. The topological polar surface area (TPSA) is 49.3 Å². The van der Waals surface area contributed by atoms with Crippen LogP contribution in [0.2, 0.25) is 0 Å². The first kappa shape index (κ1) is 13.4. The van der Waals surface area contributed by atoms with Crippen molar-refractivity contribution in [2.45, 2.75) is 0 Å². The Labute approximate surface area is 126 Å². The normalized spacial score (nSPS) is 10.1. The molecule has 0 bridgehead atoms. The van der Waals surface area contributed by atoms with Gasteiger partial charge in [-0.15, -0.1) is 0 Å². The number of carbonyl (C=O) groups excluding carboxylic acids is 1. The Balaban J connectivity index is 2.22. The number of phenolic OH excluding ortho intramolecular Hbond substituents is 1. The maximum atomic E-state index is 12.0. The fraction of sp³-hybridized carbons (Fsp3) is 0. The molecular formula is C13H9BrINO2. The molecule has 0 atom stereocenters. The second kappa shape index (κ2) is 5.71. The van der Waals surface area contributed by atoms with Crippen LogP contribution >= 0.6 is 38.5 Å². The molecule has 1 amide bonds. The number of hydrogen-bond donors (Lipinski definition) is 2. The molecule has 2 aromatic rings. The highest BCUT2D eigenvalue weighted by atomic mass is 127. The van der Waals surface area contributed by atoms with Gasteiger partial charge in [0, 0.05) is 13.7 Å². The summed E-state index contributed by atoms with van der Waals surface area (Å²) in [6.07, 6.45) is 0. The van der Waals surface area contributed by atoms with Crippen LogP contribution in [0.3, 0.4) is 0 Å². The molecule has 3 nitrogen and oxygen atoms in total. The van der Waals surface area contributed by atoms with Gasteiger partial charge in [0.1, 0.15) is 5.75 Å². The highest BCUT2D eigenvalue weighted by Gasteiger charge is 2.11. The summed E-state index contributed by atoms with van der Waals surface area (Å²) in [5, 5.41) is 12.4. The maximum Gasteiger partial charge on any atom is 0.259 e. The lowest BCUT2D eigenvalue weighted by atomic mass is 10.2. The Hall–Kier alpha value is -1.08. The minimum absolute atomic E-state index is 0.0486. The molecule has 0 aliphatic heterocycles. The number of benzene rings is 2. The number of rotatable bonds is 2. The molecule has 0 aromatic heterocycles. The number of anilines is 1. The fourth-order valence-electron chi connectivity index (χ4n) is 1.46. The van der Waals surface area contributed by atoms with Crippen LogP contribution in [0.5, 0.6) is 5.75 Å². The van der Waals surface area contributed by atoms with E-state index in [9.17, 15) is 9.90 Å². The number of amides is 1. The van der Waals surface area contributed by atoms with Crippen LogP contribution in [0.1, 0.15) is 10.4 Å². The van der Waals surface area contributed by atoms with Gasteiger partial charge in [0.05, 0.1) is 5.56 Å². The molecule has 0 saturated heterocycles. The van der Waals surface area contributed by atoms with Crippen LogP contribution in [0.25, 0.3) is 0 Å². The van der Waals surface area contributed by atoms with Crippen molar-refractivity contribution in [3.05, 3.63) is 56.1 Å². The van der Waals surface area contributed by atoms with E-state index in [1.165, 1.54) is 6.07 Å². The van der Waals surface area contributed by atoms with E-state index in [2.05, 4.69) is 43.8 Å². The van der Waals surface area contributed by atoms with E-state index in [4.69, 9.17) is 0 Å². The lowest BCUT2D eigenvalue weighted by molar-refractivity contribution is 0.102. The Bertz CT molecular complexity index is 601. The quantitative estimate of drug-likeness (QED) is 0.725. The number of halogens is 2. The molecule has 5 heteroatoms. The monoisotopic (exact) mass is 417 g/mol. The van der Waals surface area contributed by atoms with Crippen LogP contribution in [-0.4, -0.2) is 11.0 Å². The third-order valence-corrected chi connectivity index (χ3v) is 3.45. The molecule has 0 spiro atoms. The van der Waals surface area contributed by atoms with Crippen molar-refractivity contribution in [1.29, 1.82) is 0 Å². The zero-order chi connectivity index (χ0) is 13.1. The van der Waals surface area contributed by atoms with Gasteiger partial charge in [0.2, 0.25) is 0 Å². The van der Waals surface area contributed by atoms with Crippen LogP contribution in [0, 0.1) is 3.57 Å². The van der Waals surface area contributed by atoms with Crippen molar-refractivity contribution < 1.29 is 9.90 Å². The number of nitrogens with one attached hydrogen (secondary N) is 1. The molecule has 2 N–H and O–H groups in total.